The Kier molecular flexibility index (Phi) is 3.73. The Bertz CT molecular complexity index is 1320. The molecule has 0 aromatic carbocycles. The predicted molar refractivity (Wildman–Crippen MR) is 107 cm³/mol. The van der Waals surface area contributed by atoms with Crippen LogP contribution < -0.4 is 10.5 Å². The van der Waals surface area contributed by atoms with E-state index in [1.54, 1.807) is 18.5 Å². The highest BCUT2D eigenvalue weighted by molar-refractivity contribution is 6.30. The summed E-state index contributed by atoms with van der Waals surface area (Å²) in [6.45, 7) is 3.80. The third kappa shape index (κ3) is 2.71. The molecule has 5 heterocycles. The van der Waals surface area contributed by atoms with Crippen LogP contribution in [0.2, 0.25) is 5.02 Å². The first-order valence-corrected chi connectivity index (χ1v) is 10.1. The summed E-state index contributed by atoms with van der Waals surface area (Å²) in [6.07, 6.45) is 4.78. The van der Waals surface area contributed by atoms with Crippen LogP contribution in [0.15, 0.2) is 40.2 Å². The lowest BCUT2D eigenvalue weighted by atomic mass is 10.2. The number of anilines is 1. The maximum absolute atomic E-state index is 12.7. The van der Waals surface area contributed by atoms with Crippen molar-refractivity contribution in [2.45, 2.75) is 19.4 Å². The first kappa shape index (κ1) is 17.6. The zero-order valence-corrected chi connectivity index (χ0v) is 16.8. The molecule has 1 saturated heterocycles. The molecule has 0 unspecified atom stereocenters. The second-order valence-electron chi connectivity index (χ2n) is 7.87. The third-order valence-corrected chi connectivity index (χ3v) is 6.25. The summed E-state index contributed by atoms with van der Waals surface area (Å²) in [5, 5.41) is 13.1. The molecule has 30 heavy (non-hydrogen) atoms. The summed E-state index contributed by atoms with van der Waals surface area (Å²) in [7, 11) is 0. The van der Waals surface area contributed by atoms with Gasteiger partial charge in [-0.05, 0) is 30.9 Å². The van der Waals surface area contributed by atoms with Crippen molar-refractivity contribution in [2.24, 2.45) is 11.8 Å². The van der Waals surface area contributed by atoms with Crippen LogP contribution in [-0.2, 0) is 6.54 Å². The molecule has 2 fully saturated rings. The molecule has 0 amide bonds. The van der Waals surface area contributed by atoms with Crippen LogP contribution in [-0.4, -0.2) is 47.6 Å². The van der Waals surface area contributed by atoms with Gasteiger partial charge < -0.3 is 9.42 Å². The van der Waals surface area contributed by atoms with Crippen LogP contribution in [0.5, 0.6) is 0 Å². The Hall–Kier alpha value is -3.27. The number of aromatic nitrogens is 7. The average molecular weight is 425 g/mol. The van der Waals surface area contributed by atoms with Gasteiger partial charge in [0.15, 0.2) is 11.3 Å². The van der Waals surface area contributed by atoms with E-state index in [4.69, 9.17) is 16.1 Å². The van der Waals surface area contributed by atoms with Crippen molar-refractivity contribution in [3.8, 4) is 0 Å². The molecule has 4 aromatic rings. The molecule has 1 saturated carbocycles. The molecule has 0 radical (unpaired) electrons. The molecular formula is C19H17ClN8O2. The highest BCUT2D eigenvalue weighted by Crippen LogP contribution is 2.57. The minimum Gasteiger partial charge on any atom is -0.356 e. The highest BCUT2D eigenvalue weighted by Gasteiger charge is 2.58. The van der Waals surface area contributed by atoms with Crippen molar-refractivity contribution in [3.05, 3.63) is 63.5 Å². The van der Waals surface area contributed by atoms with Gasteiger partial charge in [0, 0.05) is 35.8 Å². The second kappa shape index (κ2) is 6.36. The Balaban J connectivity index is 1.17. The summed E-state index contributed by atoms with van der Waals surface area (Å²) >= 11 is 6.08. The van der Waals surface area contributed by atoms with E-state index in [2.05, 4.69) is 30.2 Å². The lowest BCUT2D eigenvalue weighted by molar-refractivity contribution is 0.363. The number of halogens is 1. The van der Waals surface area contributed by atoms with Crippen LogP contribution in [0, 0.1) is 18.8 Å². The van der Waals surface area contributed by atoms with Gasteiger partial charge in [-0.3, -0.25) is 9.36 Å². The van der Waals surface area contributed by atoms with Gasteiger partial charge in [-0.2, -0.15) is 10.1 Å². The molecule has 4 aromatic heterocycles. The third-order valence-electron chi connectivity index (χ3n) is 6.01. The van der Waals surface area contributed by atoms with Crippen LogP contribution in [0.4, 0.5) is 5.82 Å². The number of piperidine rings is 1. The van der Waals surface area contributed by atoms with Crippen LogP contribution >= 0.6 is 11.6 Å². The van der Waals surface area contributed by atoms with E-state index in [1.165, 1.54) is 15.5 Å². The topological polar surface area (TPSA) is 107 Å². The number of pyridine rings is 1. The van der Waals surface area contributed by atoms with Crippen LogP contribution in [0.3, 0.4) is 0 Å². The van der Waals surface area contributed by atoms with Crippen molar-refractivity contribution in [1.29, 1.82) is 0 Å². The Morgan fingerprint density at radius 1 is 1.27 bits per heavy atom. The Morgan fingerprint density at radius 2 is 2.10 bits per heavy atom. The van der Waals surface area contributed by atoms with E-state index in [0.29, 0.717) is 34.1 Å². The van der Waals surface area contributed by atoms with Gasteiger partial charge in [-0.15, -0.1) is 9.73 Å². The minimum atomic E-state index is -0.187. The molecule has 0 spiro atoms. The van der Waals surface area contributed by atoms with Crippen molar-refractivity contribution >= 4 is 22.9 Å². The number of hydrogen-bond acceptors (Lipinski definition) is 8. The van der Waals surface area contributed by atoms with Crippen molar-refractivity contribution < 1.29 is 4.52 Å². The molecule has 0 bridgehead atoms. The molecule has 6 rings (SSSR count). The summed E-state index contributed by atoms with van der Waals surface area (Å²) in [5.41, 5.74) is 1.04. The zero-order valence-electron chi connectivity index (χ0n) is 16.0. The van der Waals surface area contributed by atoms with Gasteiger partial charge in [0.25, 0.3) is 5.56 Å². The van der Waals surface area contributed by atoms with E-state index < -0.39 is 0 Å². The number of hydrogen-bond donors (Lipinski definition) is 0. The Labute approximate surface area is 175 Å². The van der Waals surface area contributed by atoms with E-state index in [0.717, 1.165) is 24.5 Å². The smallest absolute Gasteiger partial charge is 0.280 e. The molecule has 0 N–H and O–H groups in total. The van der Waals surface area contributed by atoms with Crippen molar-refractivity contribution in [3.63, 3.8) is 0 Å². The van der Waals surface area contributed by atoms with Gasteiger partial charge in [0.1, 0.15) is 18.7 Å². The van der Waals surface area contributed by atoms with Crippen LogP contribution in [0.1, 0.15) is 23.2 Å². The zero-order chi connectivity index (χ0) is 20.4. The summed E-state index contributed by atoms with van der Waals surface area (Å²) in [5.74, 6) is 3.25. The highest BCUT2D eigenvalue weighted by atomic mass is 35.5. The molecule has 3 atom stereocenters. The van der Waals surface area contributed by atoms with E-state index >= 15 is 0 Å². The first-order valence-electron chi connectivity index (χ1n) is 9.67. The lowest BCUT2D eigenvalue weighted by Gasteiger charge is -2.20. The maximum atomic E-state index is 12.7. The summed E-state index contributed by atoms with van der Waals surface area (Å²) in [4.78, 5) is 23.9. The number of fused-ring (bicyclic) bond motifs is 2. The fourth-order valence-corrected chi connectivity index (χ4v) is 4.60. The second-order valence-corrected chi connectivity index (χ2v) is 8.30. The monoisotopic (exact) mass is 424 g/mol. The lowest BCUT2D eigenvalue weighted by Crippen LogP contribution is -2.25. The van der Waals surface area contributed by atoms with Gasteiger partial charge in [0.05, 0.1) is 6.20 Å². The largest absolute Gasteiger partial charge is 0.356 e. The molecule has 1 aliphatic carbocycles. The fourth-order valence-electron chi connectivity index (χ4n) is 4.45. The first-order chi connectivity index (χ1) is 14.6. The number of rotatable bonds is 4. The van der Waals surface area contributed by atoms with Crippen molar-refractivity contribution in [2.75, 3.05) is 18.0 Å². The molecule has 1 aliphatic heterocycles. The standard InChI is InChI=1S/C19H17ClN8O2/c1-10-5-22-28-17(10)19(29)27(9-23-28)8-15-24-18(25-30-15)16-12-6-26(7-13(12)16)14-4-11(20)2-3-21-14/h2-5,9,12-13,16H,6-8H2,1H3/t12-,13+,16+. The van der Waals surface area contributed by atoms with E-state index in [-0.39, 0.29) is 18.0 Å². The summed E-state index contributed by atoms with van der Waals surface area (Å²) in [6, 6.07) is 3.66. The quantitative estimate of drug-likeness (QED) is 0.485. The van der Waals surface area contributed by atoms with Crippen molar-refractivity contribution in [1.82, 2.24) is 34.5 Å². The SMILES string of the molecule is Cc1cnn2ncn(Cc3nc([C@H]4[C@@H]5CN(c6cc(Cl)ccn6)C[C@@H]54)no3)c(=O)c12. The maximum Gasteiger partial charge on any atom is 0.280 e. The normalized spacial score (nSPS) is 22.6. The minimum absolute atomic E-state index is 0.181. The number of nitrogens with zero attached hydrogens (tertiary/aromatic N) is 8. The van der Waals surface area contributed by atoms with Gasteiger partial charge in [-0.1, -0.05) is 16.8 Å². The molecule has 11 heteroatoms. The van der Waals surface area contributed by atoms with Crippen LogP contribution in [0.25, 0.3) is 5.52 Å². The van der Waals surface area contributed by atoms with E-state index in [9.17, 15) is 4.79 Å². The van der Waals surface area contributed by atoms with Gasteiger partial charge >= 0.3 is 0 Å². The van der Waals surface area contributed by atoms with Gasteiger partial charge in [0.2, 0.25) is 5.89 Å². The summed E-state index contributed by atoms with van der Waals surface area (Å²) < 4.78 is 8.22. The average Bonchev–Trinajstić information content (AvgIpc) is 3.16. The Morgan fingerprint density at radius 3 is 2.90 bits per heavy atom. The molecule has 10 nitrogen and oxygen atoms in total. The fraction of sp³-hybridized carbons (Fsp3) is 0.368. The molecular weight excluding hydrogens is 408 g/mol. The van der Waals surface area contributed by atoms with E-state index in [1.807, 2.05) is 13.0 Å². The molecule has 152 valence electrons. The number of aryl methyl sites for hydroxylation is 1. The van der Waals surface area contributed by atoms with Gasteiger partial charge in [-0.25, -0.2) is 4.98 Å². The molecule has 2 aliphatic rings. The predicted octanol–water partition coefficient (Wildman–Crippen LogP) is 1.53.